The molecule has 1 amide bonds. The second-order valence-electron chi connectivity index (χ2n) is 4.17. The van der Waals surface area contributed by atoms with Gasteiger partial charge in [0, 0.05) is 32.4 Å². The molecule has 2 heterocycles. The van der Waals surface area contributed by atoms with E-state index < -0.39 is 0 Å². The lowest BCUT2D eigenvalue weighted by Gasteiger charge is -2.15. The Morgan fingerprint density at radius 2 is 2.33 bits per heavy atom. The normalized spacial score (nSPS) is 10.7. The molecule has 2 rings (SSSR count). The van der Waals surface area contributed by atoms with Gasteiger partial charge in [-0.25, -0.2) is 0 Å². The summed E-state index contributed by atoms with van der Waals surface area (Å²) in [5.74, 6) is -0.0693. The van der Waals surface area contributed by atoms with Crippen LogP contribution in [-0.4, -0.2) is 37.8 Å². The molecule has 0 spiro atoms. The van der Waals surface area contributed by atoms with Crippen molar-refractivity contribution in [2.45, 2.75) is 13.5 Å². The van der Waals surface area contributed by atoms with Crippen molar-refractivity contribution in [2.75, 3.05) is 7.05 Å². The molecule has 0 radical (unpaired) electrons. The van der Waals surface area contributed by atoms with Crippen LogP contribution in [-0.2, 0) is 13.6 Å². The van der Waals surface area contributed by atoms with E-state index in [4.69, 9.17) is 0 Å². The van der Waals surface area contributed by atoms with Crippen molar-refractivity contribution in [2.24, 2.45) is 7.05 Å². The number of nitrogens with one attached hydrogen (secondary N) is 1. The minimum atomic E-state index is -0.0693. The molecule has 0 fully saturated rings. The van der Waals surface area contributed by atoms with Gasteiger partial charge < -0.3 is 4.90 Å². The number of aromatic nitrogens is 4. The van der Waals surface area contributed by atoms with Gasteiger partial charge in [-0.3, -0.25) is 14.6 Å². The summed E-state index contributed by atoms with van der Waals surface area (Å²) < 4.78 is 2.58. The lowest BCUT2D eigenvalue weighted by molar-refractivity contribution is 0.0778. The van der Waals surface area contributed by atoms with Crippen molar-refractivity contribution in [3.05, 3.63) is 32.9 Å². The third-order valence-corrected chi connectivity index (χ3v) is 3.49. The van der Waals surface area contributed by atoms with Crippen molar-refractivity contribution in [3.63, 3.8) is 0 Å². The number of carbonyl (C=O) groups excluding carboxylic acids is 1. The van der Waals surface area contributed by atoms with E-state index in [2.05, 4.69) is 37.9 Å². The maximum absolute atomic E-state index is 12.2. The second-order valence-corrected chi connectivity index (χ2v) is 5.33. The van der Waals surface area contributed by atoms with Crippen LogP contribution >= 0.6 is 22.6 Å². The van der Waals surface area contributed by atoms with Gasteiger partial charge in [-0.15, -0.1) is 0 Å². The van der Waals surface area contributed by atoms with Crippen molar-refractivity contribution in [1.82, 2.24) is 24.9 Å². The predicted octanol–water partition coefficient (Wildman–Crippen LogP) is 1.33. The molecule has 0 aliphatic rings. The van der Waals surface area contributed by atoms with E-state index in [0.717, 1.165) is 14.8 Å². The van der Waals surface area contributed by atoms with Crippen molar-refractivity contribution in [1.29, 1.82) is 0 Å². The molecule has 0 saturated carbocycles. The highest BCUT2D eigenvalue weighted by Crippen LogP contribution is 2.13. The number of amides is 1. The summed E-state index contributed by atoms with van der Waals surface area (Å²) in [6, 6.07) is 0. The molecule has 0 unspecified atom stereocenters. The Morgan fingerprint density at radius 1 is 1.61 bits per heavy atom. The van der Waals surface area contributed by atoms with Gasteiger partial charge in [0.15, 0.2) is 0 Å². The van der Waals surface area contributed by atoms with Crippen LogP contribution in [0.2, 0.25) is 0 Å². The number of rotatable bonds is 3. The SMILES string of the molecule is Cc1nn(C)cc1CN(C)C(=O)c1[nH]ncc1I. The van der Waals surface area contributed by atoms with Crippen LogP contribution in [0.5, 0.6) is 0 Å². The Kier molecular flexibility index (Phi) is 3.69. The molecular formula is C11H14IN5O. The zero-order valence-corrected chi connectivity index (χ0v) is 12.6. The van der Waals surface area contributed by atoms with Gasteiger partial charge in [0.25, 0.3) is 5.91 Å². The standard InChI is InChI=1S/C11H14IN5O/c1-7-8(6-17(3)15-7)5-16(2)11(18)10-9(12)4-13-14-10/h4,6H,5H2,1-3H3,(H,13,14). The number of nitrogens with zero attached hydrogens (tertiary/aromatic N) is 4. The second kappa shape index (κ2) is 5.09. The summed E-state index contributed by atoms with van der Waals surface area (Å²) in [6.45, 7) is 2.47. The van der Waals surface area contributed by atoms with Crippen molar-refractivity contribution in [3.8, 4) is 0 Å². The number of hydrogen-bond acceptors (Lipinski definition) is 3. The lowest BCUT2D eigenvalue weighted by Crippen LogP contribution is -2.27. The Balaban J connectivity index is 2.13. The van der Waals surface area contributed by atoms with Crippen LogP contribution in [0.15, 0.2) is 12.4 Å². The molecule has 0 atom stereocenters. The molecule has 0 bridgehead atoms. The monoisotopic (exact) mass is 359 g/mol. The van der Waals surface area contributed by atoms with Crippen LogP contribution in [0.1, 0.15) is 21.7 Å². The van der Waals surface area contributed by atoms with Crippen molar-refractivity contribution < 1.29 is 4.79 Å². The summed E-state index contributed by atoms with van der Waals surface area (Å²) in [7, 11) is 3.64. The molecule has 6 nitrogen and oxygen atoms in total. The smallest absolute Gasteiger partial charge is 0.273 e. The molecule has 2 aromatic heterocycles. The molecule has 7 heteroatoms. The molecule has 18 heavy (non-hydrogen) atoms. The summed E-state index contributed by atoms with van der Waals surface area (Å²) >= 11 is 2.09. The van der Waals surface area contributed by atoms with Crippen LogP contribution < -0.4 is 0 Å². The largest absolute Gasteiger partial charge is 0.336 e. The average Bonchev–Trinajstić information content (AvgIpc) is 2.85. The number of aromatic amines is 1. The summed E-state index contributed by atoms with van der Waals surface area (Å²) in [4.78, 5) is 13.8. The van der Waals surface area contributed by atoms with Gasteiger partial charge in [-0.05, 0) is 29.5 Å². The predicted molar refractivity (Wildman–Crippen MR) is 75.0 cm³/mol. The van der Waals surface area contributed by atoms with E-state index in [1.807, 2.05) is 20.2 Å². The molecule has 1 N–H and O–H groups in total. The van der Waals surface area contributed by atoms with Gasteiger partial charge in [0.2, 0.25) is 0 Å². The number of aryl methyl sites for hydroxylation is 2. The Labute approximate surface area is 119 Å². The van der Waals surface area contributed by atoms with Gasteiger partial charge in [-0.2, -0.15) is 10.2 Å². The highest BCUT2D eigenvalue weighted by atomic mass is 127. The zero-order chi connectivity index (χ0) is 13.3. The topological polar surface area (TPSA) is 66.8 Å². The third-order valence-electron chi connectivity index (χ3n) is 2.68. The fraction of sp³-hybridized carbons (Fsp3) is 0.364. The molecule has 0 aliphatic heterocycles. The summed E-state index contributed by atoms with van der Waals surface area (Å²) in [5, 5.41) is 10.8. The first-order chi connectivity index (χ1) is 8.49. The number of halogens is 1. The number of carbonyl (C=O) groups is 1. The average molecular weight is 359 g/mol. The lowest BCUT2D eigenvalue weighted by atomic mass is 10.2. The molecule has 0 saturated heterocycles. The highest BCUT2D eigenvalue weighted by Gasteiger charge is 2.18. The third kappa shape index (κ3) is 2.55. The first-order valence-electron chi connectivity index (χ1n) is 5.42. The zero-order valence-electron chi connectivity index (χ0n) is 10.4. The number of H-pyrrole nitrogens is 1. The van der Waals surface area contributed by atoms with Gasteiger partial charge in [0.05, 0.1) is 15.5 Å². The fourth-order valence-electron chi connectivity index (χ4n) is 1.74. The van der Waals surface area contributed by atoms with E-state index in [-0.39, 0.29) is 5.91 Å². The van der Waals surface area contributed by atoms with Crippen LogP contribution in [0, 0.1) is 10.5 Å². The first kappa shape index (κ1) is 13.1. The highest BCUT2D eigenvalue weighted by molar-refractivity contribution is 14.1. The van der Waals surface area contributed by atoms with Crippen LogP contribution in [0.4, 0.5) is 0 Å². The van der Waals surface area contributed by atoms with Gasteiger partial charge in [-0.1, -0.05) is 0 Å². The molecule has 0 aliphatic carbocycles. The van der Waals surface area contributed by atoms with E-state index in [0.29, 0.717) is 12.2 Å². The van der Waals surface area contributed by atoms with Gasteiger partial charge in [0.1, 0.15) is 5.69 Å². The first-order valence-corrected chi connectivity index (χ1v) is 6.50. The molecular weight excluding hydrogens is 345 g/mol. The summed E-state index contributed by atoms with van der Waals surface area (Å²) in [6.07, 6.45) is 3.56. The Bertz CT molecular complexity index is 574. The Hall–Kier alpha value is -1.38. The van der Waals surface area contributed by atoms with E-state index >= 15 is 0 Å². The molecule has 96 valence electrons. The minimum Gasteiger partial charge on any atom is -0.336 e. The van der Waals surface area contributed by atoms with E-state index in [9.17, 15) is 4.79 Å². The van der Waals surface area contributed by atoms with E-state index in [1.165, 1.54) is 0 Å². The molecule has 2 aromatic rings. The quantitative estimate of drug-likeness (QED) is 0.841. The Morgan fingerprint density at radius 3 is 2.83 bits per heavy atom. The maximum Gasteiger partial charge on any atom is 0.273 e. The van der Waals surface area contributed by atoms with Crippen LogP contribution in [0.3, 0.4) is 0 Å². The van der Waals surface area contributed by atoms with Crippen LogP contribution in [0.25, 0.3) is 0 Å². The maximum atomic E-state index is 12.2. The van der Waals surface area contributed by atoms with E-state index in [1.54, 1.807) is 22.8 Å². The molecule has 0 aromatic carbocycles. The van der Waals surface area contributed by atoms with Gasteiger partial charge >= 0.3 is 0 Å². The van der Waals surface area contributed by atoms with Crippen molar-refractivity contribution >= 4 is 28.5 Å². The summed E-state index contributed by atoms with van der Waals surface area (Å²) in [5.41, 5.74) is 2.51. The fourth-order valence-corrected chi connectivity index (χ4v) is 2.23. The number of hydrogen-bond donors (Lipinski definition) is 1. The minimum absolute atomic E-state index is 0.0693.